The van der Waals surface area contributed by atoms with Crippen LogP contribution in [-0.4, -0.2) is 23.6 Å². The third kappa shape index (κ3) is 2.47. The number of halogens is 2. The highest BCUT2D eigenvalue weighted by Crippen LogP contribution is 2.28. The second-order valence-corrected chi connectivity index (χ2v) is 5.69. The Bertz CT molecular complexity index is 793. The van der Waals surface area contributed by atoms with E-state index < -0.39 is 0 Å². The summed E-state index contributed by atoms with van der Waals surface area (Å²) in [7, 11) is 4.04. The highest BCUT2D eigenvalue weighted by Gasteiger charge is 2.14. The van der Waals surface area contributed by atoms with E-state index in [-0.39, 0.29) is 0 Å². The van der Waals surface area contributed by atoms with Gasteiger partial charge in [-0.2, -0.15) is 0 Å². The predicted molar refractivity (Wildman–Crippen MR) is 90.0 cm³/mol. The second-order valence-electron chi connectivity index (χ2n) is 5.02. The van der Waals surface area contributed by atoms with Crippen molar-refractivity contribution in [3.8, 4) is 5.69 Å². The lowest BCUT2D eigenvalue weighted by Crippen LogP contribution is -2.09. The van der Waals surface area contributed by atoms with Gasteiger partial charge in [-0.3, -0.25) is 4.57 Å². The molecule has 108 valence electrons. The third-order valence-corrected chi connectivity index (χ3v) is 3.97. The van der Waals surface area contributed by atoms with Gasteiger partial charge >= 0.3 is 0 Å². The maximum Gasteiger partial charge on any atom is 0.129 e. The van der Waals surface area contributed by atoms with Crippen LogP contribution >= 0.6 is 23.2 Å². The van der Waals surface area contributed by atoms with Crippen LogP contribution in [0.5, 0.6) is 0 Å². The maximum absolute atomic E-state index is 6.24. The molecule has 3 nitrogen and oxygen atoms in total. The average Bonchev–Trinajstić information content (AvgIpc) is 2.87. The minimum absolute atomic E-state index is 0.331. The fourth-order valence-electron chi connectivity index (χ4n) is 2.40. The van der Waals surface area contributed by atoms with E-state index >= 15 is 0 Å². The van der Waals surface area contributed by atoms with Gasteiger partial charge in [0.15, 0.2) is 0 Å². The van der Waals surface area contributed by atoms with Crippen LogP contribution in [0.25, 0.3) is 16.7 Å². The Morgan fingerprint density at radius 3 is 2.62 bits per heavy atom. The zero-order valence-electron chi connectivity index (χ0n) is 11.8. The van der Waals surface area contributed by atoms with E-state index in [2.05, 4.69) is 26.6 Å². The number of rotatable bonds is 3. The Labute approximate surface area is 133 Å². The summed E-state index contributed by atoms with van der Waals surface area (Å²) >= 11 is 12.3. The summed E-state index contributed by atoms with van der Waals surface area (Å²) in [5.41, 5.74) is 3.90. The number of imidazole rings is 1. The number of hydrogen-bond acceptors (Lipinski definition) is 2. The molecule has 3 aromatic rings. The van der Waals surface area contributed by atoms with Crippen molar-refractivity contribution < 1.29 is 0 Å². The van der Waals surface area contributed by atoms with Gasteiger partial charge in [-0.1, -0.05) is 23.7 Å². The van der Waals surface area contributed by atoms with E-state index in [1.165, 1.54) is 0 Å². The van der Waals surface area contributed by atoms with Gasteiger partial charge in [-0.15, -0.1) is 11.6 Å². The van der Waals surface area contributed by atoms with Crippen molar-refractivity contribution in [2.45, 2.75) is 5.88 Å². The first kappa shape index (κ1) is 14.2. The molecule has 2 aromatic carbocycles. The molecular weight excluding hydrogens is 305 g/mol. The van der Waals surface area contributed by atoms with Crippen LogP contribution in [0.4, 0.5) is 5.69 Å². The van der Waals surface area contributed by atoms with E-state index in [4.69, 9.17) is 23.2 Å². The molecule has 5 heteroatoms. The SMILES string of the molecule is CN(C)c1cccc(-n2c(CCl)nc3c(Cl)cccc32)c1. The first-order chi connectivity index (χ1) is 10.1. The van der Waals surface area contributed by atoms with Gasteiger partial charge in [0.25, 0.3) is 0 Å². The number of alkyl halides is 1. The molecule has 0 N–H and O–H groups in total. The Hall–Kier alpha value is -1.71. The van der Waals surface area contributed by atoms with Crippen LogP contribution in [0.1, 0.15) is 5.82 Å². The summed E-state index contributed by atoms with van der Waals surface area (Å²) in [6.45, 7) is 0. The van der Waals surface area contributed by atoms with Crippen LogP contribution in [0, 0.1) is 0 Å². The Kier molecular flexibility index (Phi) is 3.79. The standard InChI is InChI=1S/C16H15Cl2N3/c1-20(2)11-5-3-6-12(9-11)21-14-8-4-7-13(18)16(14)19-15(21)10-17/h3-9H,10H2,1-2H3. The molecule has 0 aliphatic rings. The van der Waals surface area contributed by atoms with Gasteiger partial charge in [0, 0.05) is 25.5 Å². The lowest BCUT2D eigenvalue weighted by Gasteiger charge is -2.15. The molecule has 0 saturated heterocycles. The Morgan fingerprint density at radius 2 is 1.90 bits per heavy atom. The summed E-state index contributed by atoms with van der Waals surface area (Å²) in [5, 5.41) is 0.640. The smallest absolute Gasteiger partial charge is 0.129 e. The fourth-order valence-corrected chi connectivity index (χ4v) is 2.79. The maximum atomic E-state index is 6.24. The average molecular weight is 320 g/mol. The highest BCUT2D eigenvalue weighted by molar-refractivity contribution is 6.35. The normalized spacial score (nSPS) is 11.0. The van der Waals surface area contributed by atoms with Gasteiger partial charge in [-0.25, -0.2) is 4.98 Å². The lowest BCUT2D eigenvalue weighted by molar-refractivity contribution is 0.979. The molecule has 21 heavy (non-hydrogen) atoms. The number of anilines is 1. The largest absolute Gasteiger partial charge is 0.378 e. The second kappa shape index (κ2) is 5.58. The minimum atomic E-state index is 0.331. The van der Waals surface area contributed by atoms with E-state index in [1.807, 2.05) is 44.4 Å². The van der Waals surface area contributed by atoms with Crippen molar-refractivity contribution in [1.29, 1.82) is 0 Å². The molecule has 0 radical (unpaired) electrons. The zero-order chi connectivity index (χ0) is 15.0. The van der Waals surface area contributed by atoms with Crippen LogP contribution in [0.2, 0.25) is 5.02 Å². The van der Waals surface area contributed by atoms with Crippen molar-refractivity contribution in [2.75, 3.05) is 19.0 Å². The summed E-state index contributed by atoms with van der Waals surface area (Å²) in [6, 6.07) is 14.0. The Balaban J connectivity index is 2.28. The molecule has 3 rings (SSSR count). The number of para-hydroxylation sites is 1. The van der Waals surface area contributed by atoms with Gasteiger partial charge in [0.1, 0.15) is 11.3 Å². The molecule has 0 bridgehead atoms. The van der Waals surface area contributed by atoms with Crippen molar-refractivity contribution in [2.24, 2.45) is 0 Å². The molecule has 0 saturated carbocycles. The molecule has 0 amide bonds. The first-order valence-corrected chi connectivity index (χ1v) is 7.52. The van der Waals surface area contributed by atoms with E-state index in [1.54, 1.807) is 0 Å². The highest BCUT2D eigenvalue weighted by atomic mass is 35.5. The van der Waals surface area contributed by atoms with Crippen molar-refractivity contribution in [3.05, 3.63) is 53.3 Å². The molecule has 0 aliphatic carbocycles. The third-order valence-electron chi connectivity index (χ3n) is 3.43. The summed E-state index contributed by atoms with van der Waals surface area (Å²) < 4.78 is 2.06. The fraction of sp³-hybridized carbons (Fsp3) is 0.188. The Morgan fingerprint density at radius 1 is 1.14 bits per heavy atom. The number of nitrogens with zero attached hydrogens (tertiary/aromatic N) is 3. The quantitative estimate of drug-likeness (QED) is 0.663. The molecular formula is C16H15Cl2N3. The van der Waals surface area contributed by atoms with Gasteiger partial charge in [0.2, 0.25) is 0 Å². The van der Waals surface area contributed by atoms with Crippen LogP contribution in [-0.2, 0) is 5.88 Å². The van der Waals surface area contributed by atoms with Crippen molar-refractivity contribution in [1.82, 2.24) is 9.55 Å². The molecule has 1 heterocycles. The van der Waals surface area contributed by atoms with Gasteiger partial charge in [-0.05, 0) is 30.3 Å². The van der Waals surface area contributed by atoms with Crippen molar-refractivity contribution >= 4 is 39.9 Å². The lowest BCUT2D eigenvalue weighted by atomic mass is 10.2. The summed E-state index contributed by atoms with van der Waals surface area (Å²) in [6.07, 6.45) is 0. The van der Waals surface area contributed by atoms with Gasteiger partial charge < -0.3 is 4.90 Å². The predicted octanol–water partition coefficient (Wildman–Crippen LogP) is 4.48. The van der Waals surface area contributed by atoms with Crippen LogP contribution in [0.15, 0.2) is 42.5 Å². The topological polar surface area (TPSA) is 21.1 Å². The van der Waals surface area contributed by atoms with E-state index in [0.717, 1.165) is 28.2 Å². The first-order valence-electron chi connectivity index (χ1n) is 6.61. The number of fused-ring (bicyclic) bond motifs is 1. The molecule has 0 atom stereocenters. The van der Waals surface area contributed by atoms with Crippen LogP contribution < -0.4 is 4.90 Å². The van der Waals surface area contributed by atoms with Crippen LogP contribution in [0.3, 0.4) is 0 Å². The number of hydrogen-bond donors (Lipinski definition) is 0. The molecule has 1 aromatic heterocycles. The minimum Gasteiger partial charge on any atom is -0.378 e. The molecule has 0 unspecified atom stereocenters. The molecule has 0 aliphatic heterocycles. The zero-order valence-corrected chi connectivity index (χ0v) is 13.4. The van der Waals surface area contributed by atoms with Crippen molar-refractivity contribution in [3.63, 3.8) is 0 Å². The number of aromatic nitrogens is 2. The summed E-state index contributed by atoms with van der Waals surface area (Å²) in [4.78, 5) is 6.63. The van der Waals surface area contributed by atoms with E-state index in [9.17, 15) is 0 Å². The molecule has 0 fully saturated rings. The number of benzene rings is 2. The molecule has 0 spiro atoms. The monoisotopic (exact) mass is 319 g/mol. The van der Waals surface area contributed by atoms with E-state index in [0.29, 0.717) is 10.9 Å². The summed E-state index contributed by atoms with van der Waals surface area (Å²) in [5.74, 6) is 1.12. The van der Waals surface area contributed by atoms with Gasteiger partial charge in [0.05, 0.1) is 16.4 Å².